The van der Waals surface area contributed by atoms with E-state index in [1.165, 1.54) is 5.34 Å². The number of benzene rings is 1. The minimum absolute atomic E-state index is 0. The Labute approximate surface area is 104 Å². The number of rotatable bonds is 1. The maximum Gasteiger partial charge on any atom is 1.00 e. The van der Waals surface area contributed by atoms with Crippen LogP contribution in [-0.4, -0.2) is 16.3 Å². The van der Waals surface area contributed by atoms with Crippen molar-refractivity contribution in [2.24, 2.45) is 5.34 Å². The minimum Gasteiger partial charge on any atom is -1.00 e. The van der Waals surface area contributed by atoms with Crippen molar-refractivity contribution >= 4 is 5.97 Å². The Bertz CT molecular complexity index is 260. The van der Waals surface area contributed by atoms with Crippen molar-refractivity contribution in [3.63, 3.8) is 0 Å². The fourth-order valence-electron chi connectivity index (χ4n) is 0.581. The van der Waals surface area contributed by atoms with Gasteiger partial charge in [-0.3, -0.25) is 0 Å². The quantitative estimate of drug-likeness (QED) is 0.305. The number of carboxylic acids is 1. The van der Waals surface area contributed by atoms with Crippen LogP contribution in [0.25, 0.3) is 0 Å². The van der Waals surface area contributed by atoms with E-state index >= 15 is 0 Å². The summed E-state index contributed by atoms with van der Waals surface area (Å²) in [6.07, 6.45) is 0. The predicted octanol–water partition coefficient (Wildman–Crippen LogP) is -1.19. The molecular weight excluding hydrogens is 199 g/mol. The Kier molecular flexibility index (Phi) is 16.1. The van der Waals surface area contributed by atoms with Crippen LogP contribution in [0.15, 0.2) is 35.7 Å². The Morgan fingerprint density at radius 2 is 1.64 bits per heavy atom. The van der Waals surface area contributed by atoms with Crippen LogP contribution in [0.5, 0.6) is 0 Å². The number of hydrogen-bond acceptors (Lipinski definition) is 4. The van der Waals surface area contributed by atoms with E-state index in [0.29, 0.717) is 5.56 Å². The molecule has 1 aromatic carbocycles. The summed E-state index contributed by atoms with van der Waals surface area (Å²) in [5.74, 6) is -0.879. The van der Waals surface area contributed by atoms with Crippen LogP contribution in [0, 0.1) is 4.91 Å². The van der Waals surface area contributed by atoms with E-state index in [4.69, 9.17) is 15.2 Å². The molecule has 0 amide bonds. The van der Waals surface area contributed by atoms with Gasteiger partial charge in [0.2, 0.25) is 0 Å². The van der Waals surface area contributed by atoms with Crippen molar-refractivity contribution in [1.82, 2.24) is 6.15 Å². The summed E-state index contributed by atoms with van der Waals surface area (Å²) in [7, 11) is 0. The van der Waals surface area contributed by atoms with E-state index in [0.717, 1.165) is 0 Å². The van der Waals surface area contributed by atoms with Gasteiger partial charge < -0.3 is 17.9 Å². The van der Waals surface area contributed by atoms with Crippen LogP contribution in [0.2, 0.25) is 0 Å². The molecule has 0 aliphatic carbocycles. The Morgan fingerprint density at radius 3 is 1.86 bits per heavy atom. The van der Waals surface area contributed by atoms with Crippen molar-refractivity contribution < 1.29 is 46.1 Å². The van der Waals surface area contributed by atoms with Gasteiger partial charge in [-0.15, -0.1) is 4.91 Å². The number of carboxylic acid groups (broad SMARTS) is 1. The summed E-state index contributed by atoms with van der Waals surface area (Å²) in [5, 5.41) is 16.3. The predicted molar refractivity (Wildman–Crippen MR) is 47.1 cm³/mol. The molecule has 0 bridgehead atoms. The minimum atomic E-state index is -0.879. The number of nitrogens with zero attached hydrogens (tertiary/aromatic N) is 1. The molecule has 0 aromatic heterocycles. The first-order valence-corrected chi connectivity index (χ1v) is 2.97. The smallest absolute Gasteiger partial charge is 1.00 e. The molecule has 0 saturated heterocycles. The van der Waals surface area contributed by atoms with E-state index in [9.17, 15) is 4.79 Å². The van der Waals surface area contributed by atoms with Gasteiger partial charge in [-0.05, 0) is 12.1 Å². The average Bonchev–Trinajstić information content (AvgIpc) is 2.07. The van der Waals surface area contributed by atoms with Crippen LogP contribution >= 0.6 is 0 Å². The Morgan fingerprint density at radius 1 is 1.29 bits per heavy atom. The molecule has 0 fully saturated rings. The molecule has 0 saturated carbocycles. The average molecular weight is 210 g/mol. The van der Waals surface area contributed by atoms with E-state index in [2.05, 4.69) is 0 Å². The summed E-state index contributed by atoms with van der Waals surface area (Å²) in [6.45, 7) is 0. The van der Waals surface area contributed by atoms with Gasteiger partial charge in [0.25, 0.3) is 0 Å². The van der Waals surface area contributed by atoms with E-state index in [-0.39, 0.29) is 37.1 Å². The van der Waals surface area contributed by atoms with Gasteiger partial charge in [0.15, 0.2) is 5.34 Å². The van der Waals surface area contributed by atoms with Crippen LogP contribution < -0.4 is 35.7 Å². The van der Waals surface area contributed by atoms with Crippen molar-refractivity contribution in [1.29, 1.82) is 0 Å². The second-order valence-electron chi connectivity index (χ2n) is 1.75. The first-order valence-electron chi connectivity index (χ1n) is 2.97. The molecule has 5 N–H and O–H groups in total. The summed E-state index contributed by atoms with van der Waals surface area (Å²) < 4.78 is 0. The molecular formula is C7H11N2NaO4. The molecule has 14 heavy (non-hydrogen) atoms. The van der Waals surface area contributed by atoms with Crippen molar-refractivity contribution in [2.45, 2.75) is 0 Å². The number of hydrogen-bond donors (Lipinski definition) is 3. The van der Waals surface area contributed by atoms with Gasteiger partial charge in [0, 0.05) is 0 Å². The normalized spacial score (nSPS) is 6.57. The number of carbonyl (C=O) groups is 1. The molecule has 0 aliphatic rings. The van der Waals surface area contributed by atoms with Gasteiger partial charge >= 0.3 is 35.5 Å². The SMILES string of the molecule is N.O=C(O)c1ccccc1.O=NO.[H-].[Na+]. The fourth-order valence-corrected chi connectivity index (χ4v) is 0.581. The molecule has 0 unspecified atom stereocenters. The zero-order valence-corrected chi connectivity index (χ0v) is 9.75. The number of aromatic carboxylic acids is 1. The van der Waals surface area contributed by atoms with E-state index < -0.39 is 5.97 Å². The van der Waals surface area contributed by atoms with Crippen LogP contribution in [0.3, 0.4) is 0 Å². The maximum absolute atomic E-state index is 10.2. The Hall–Kier alpha value is -0.950. The summed E-state index contributed by atoms with van der Waals surface area (Å²) in [6, 6.07) is 8.30. The largest absolute Gasteiger partial charge is 1.00 e. The second-order valence-corrected chi connectivity index (χ2v) is 1.75. The van der Waals surface area contributed by atoms with Crippen molar-refractivity contribution in [3.8, 4) is 0 Å². The standard InChI is InChI=1S/C7H6O2.HNO2.H3N.Na.H/c8-7(9)6-4-2-1-3-5-6;2-1-3;;;/h1-5H,(H,8,9);(H,2,3);1H3;;/q;;;+1;-1. The molecule has 74 valence electrons. The summed E-state index contributed by atoms with van der Waals surface area (Å²) in [4.78, 5) is 18.3. The van der Waals surface area contributed by atoms with Crippen molar-refractivity contribution in [2.75, 3.05) is 0 Å². The van der Waals surface area contributed by atoms with E-state index in [1.54, 1.807) is 30.3 Å². The van der Waals surface area contributed by atoms with Gasteiger partial charge in [-0.25, -0.2) is 4.79 Å². The first-order chi connectivity index (χ1) is 5.72. The van der Waals surface area contributed by atoms with Gasteiger partial charge in [-0.2, -0.15) is 0 Å². The zero-order chi connectivity index (χ0) is 9.40. The summed E-state index contributed by atoms with van der Waals surface area (Å²) >= 11 is 0. The van der Waals surface area contributed by atoms with Gasteiger partial charge in [0.1, 0.15) is 0 Å². The fraction of sp³-hybridized carbons (Fsp3) is 0. The molecule has 0 aliphatic heterocycles. The molecule has 6 nitrogen and oxygen atoms in total. The third-order valence-electron chi connectivity index (χ3n) is 1.02. The molecule has 1 aromatic rings. The van der Waals surface area contributed by atoms with E-state index in [1.807, 2.05) is 0 Å². The molecule has 1 rings (SSSR count). The molecule has 7 heteroatoms. The second kappa shape index (κ2) is 12.0. The molecule has 0 radical (unpaired) electrons. The third-order valence-corrected chi connectivity index (χ3v) is 1.02. The van der Waals surface area contributed by atoms with Crippen molar-refractivity contribution in [3.05, 3.63) is 40.8 Å². The van der Waals surface area contributed by atoms with Crippen LogP contribution in [0.4, 0.5) is 0 Å². The monoisotopic (exact) mass is 210 g/mol. The van der Waals surface area contributed by atoms with Crippen LogP contribution in [0.1, 0.15) is 11.8 Å². The van der Waals surface area contributed by atoms with Gasteiger partial charge in [0.05, 0.1) is 5.56 Å². The topological polar surface area (TPSA) is 122 Å². The third kappa shape index (κ3) is 9.14. The zero-order valence-electron chi connectivity index (χ0n) is 8.75. The van der Waals surface area contributed by atoms with Gasteiger partial charge in [-0.1, -0.05) is 18.2 Å². The molecule has 0 spiro atoms. The molecule has 0 atom stereocenters. The Balaban J connectivity index is -0.0000000917. The first kappa shape index (κ1) is 18.8. The summed E-state index contributed by atoms with van der Waals surface area (Å²) in [5.41, 5.74) is 0.331. The van der Waals surface area contributed by atoms with Crippen LogP contribution in [-0.2, 0) is 0 Å². The maximum atomic E-state index is 10.2. The molecule has 0 heterocycles.